The molecule has 1 heterocycles. The number of hydrogen-bond acceptors (Lipinski definition) is 4. The van der Waals surface area contributed by atoms with Crippen LogP contribution < -0.4 is 5.32 Å². The molecular formula is C13H25IN4OS. The van der Waals surface area contributed by atoms with Gasteiger partial charge in [-0.25, -0.2) is 4.98 Å². The smallest absolute Gasteiger partial charge is 0.194 e. The molecule has 20 heavy (non-hydrogen) atoms. The first-order valence-electron chi connectivity index (χ1n) is 6.58. The average molecular weight is 412 g/mol. The van der Waals surface area contributed by atoms with Crippen LogP contribution >= 0.6 is 35.3 Å². The summed E-state index contributed by atoms with van der Waals surface area (Å²) in [7, 11) is 2.00. The van der Waals surface area contributed by atoms with E-state index in [0.717, 1.165) is 29.8 Å². The topological polar surface area (TPSA) is 60.8 Å². The maximum absolute atomic E-state index is 9.04. The van der Waals surface area contributed by atoms with Crippen LogP contribution in [0, 0.1) is 12.8 Å². The van der Waals surface area contributed by atoms with Crippen molar-refractivity contribution >= 4 is 41.3 Å². The van der Waals surface area contributed by atoms with E-state index in [1.54, 1.807) is 11.3 Å². The predicted octanol–water partition coefficient (Wildman–Crippen LogP) is 2.10. The Labute approximate surface area is 142 Å². The van der Waals surface area contributed by atoms with E-state index in [4.69, 9.17) is 5.11 Å². The number of aliphatic hydroxyl groups is 1. The molecule has 1 aromatic heterocycles. The molecule has 0 saturated carbocycles. The number of aromatic nitrogens is 1. The zero-order valence-electron chi connectivity index (χ0n) is 12.6. The van der Waals surface area contributed by atoms with Gasteiger partial charge >= 0.3 is 0 Å². The van der Waals surface area contributed by atoms with Gasteiger partial charge in [0.2, 0.25) is 0 Å². The molecule has 1 rings (SSSR count). The minimum absolute atomic E-state index is 0. The third-order valence-electron chi connectivity index (χ3n) is 2.63. The van der Waals surface area contributed by atoms with Gasteiger partial charge < -0.3 is 15.3 Å². The standard InChI is InChI=1S/C13H24N4OS.HI/c1-5-14-13(15-6-10(2)8-18)17(4)7-12-9-19-11(3)16-12;/h9-10,18H,5-8H2,1-4H3,(H,14,15);1H. The quantitative estimate of drug-likeness (QED) is 0.427. The lowest BCUT2D eigenvalue weighted by Crippen LogP contribution is -2.39. The van der Waals surface area contributed by atoms with Crippen LogP contribution in [0.3, 0.4) is 0 Å². The van der Waals surface area contributed by atoms with Crippen molar-refractivity contribution in [1.29, 1.82) is 0 Å². The number of nitrogens with zero attached hydrogens (tertiary/aromatic N) is 3. The molecule has 0 saturated heterocycles. The summed E-state index contributed by atoms with van der Waals surface area (Å²) in [5.74, 6) is 1.04. The highest BCUT2D eigenvalue weighted by Gasteiger charge is 2.09. The molecule has 1 unspecified atom stereocenters. The number of aliphatic hydroxyl groups excluding tert-OH is 1. The van der Waals surface area contributed by atoms with Gasteiger partial charge in [0, 0.05) is 32.1 Å². The van der Waals surface area contributed by atoms with E-state index in [9.17, 15) is 0 Å². The zero-order chi connectivity index (χ0) is 14.3. The Hall–Kier alpha value is -0.410. The van der Waals surface area contributed by atoms with Crippen molar-refractivity contribution < 1.29 is 5.11 Å². The highest BCUT2D eigenvalue weighted by atomic mass is 127. The molecule has 0 aliphatic heterocycles. The summed E-state index contributed by atoms with van der Waals surface area (Å²) < 4.78 is 0. The third-order valence-corrected chi connectivity index (χ3v) is 3.45. The van der Waals surface area contributed by atoms with Crippen molar-refractivity contribution in [1.82, 2.24) is 15.2 Å². The van der Waals surface area contributed by atoms with Crippen molar-refractivity contribution in [2.24, 2.45) is 10.9 Å². The Balaban J connectivity index is 0.00000361. The molecule has 5 nitrogen and oxygen atoms in total. The Morgan fingerprint density at radius 2 is 2.30 bits per heavy atom. The Bertz CT molecular complexity index is 411. The Kier molecular flexibility index (Phi) is 10.1. The van der Waals surface area contributed by atoms with Crippen LogP contribution in [-0.2, 0) is 6.54 Å². The molecule has 0 bridgehead atoms. The van der Waals surface area contributed by atoms with Crippen molar-refractivity contribution in [3.8, 4) is 0 Å². The van der Waals surface area contributed by atoms with Gasteiger partial charge in [-0.1, -0.05) is 6.92 Å². The van der Waals surface area contributed by atoms with Gasteiger partial charge in [-0.05, 0) is 19.8 Å². The SMILES string of the molecule is CCNC(=NCC(C)CO)N(C)Cc1csc(C)n1.I. The fourth-order valence-corrected chi connectivity index (χ4v) is 2.17. The number of aryl methyl sites for hydroxylation is 1. The van der Waals surface area contributed by atoms with E-state index in [2.05, 4.69) is 25.6 Å². The maximum Gasteiger partial charge on any atom is 0.194 e. The minimum Gasteiger partial charge on any atom is -0.396 e. The lowest BCUT2D eigenvalue weighted by molar-refractivity contribution is 0.241. The minimum atomic E-state index is 0. The number of guanidine groups is 1. The summed E-state index contributed by atoms with van der Waals surface area (Å²) in [4.78, 5) is 11.1. The van der Waals surface area contributed by atoms with E-state index >= 15 is 0 Å². The second-order valence-corrected chi connectivity index (χ2v) is 5.76. The molecule has 0 amide bonds. The zero-order valence-corrected chi connectivity index (χ0v) is 15.7. The van der Waals surface area contributed by atoms with Crippen molar-refractivity contribution in [3.63, 3.8) is 0 Å². The first-order chi connectivity index (χ1) is 9.06. The van der Waals surface area contributed by atoms with E-state index in [1.807, 2.05) is 27.8 Å². The molecule has 1 atom stereocenters. The van der Waals surface area contributed by atoms with Crippen LogP contribution in [0.15, 0.2) is 10.4 Å². The molecule has 0 aliphatic rings. The Morgan fingerprint density at radius 1 is 1.60 bits per heavy atom. The summed E-state index contributed by atoms with van der Waals surface area (Å²) in [6.45, 7) is 8.40. The van der Waals surface area contributed by atoms with Crippen LogP contribution in [0.2, 0.25) is 0 Å². The normalized spacial score (nSPS) is 12.8. The van der Waals surface area contributed by atoms with E-state index < -0.39 is 0 Å². The first kappa shape index (κ1) is 19.6. The number of halogens is 1. The molecule has 0 aliphatic carbocycles. The molecule has 0 fully saturated rings. The molecule has 1 aromatic rings. The number of rotatable bonds is 6. The number of hydrogen-bond donors (Lipinski definition) is 2. The van der Waals surface area contributed by atoms with Crippen LogP contribution in [0.5, 0.6) is 0 Å². The molecule has 0 aromatic carbocycles. The summed E-state index contributed by atoms with van der Waals surface area (Å²) in [5, 5.41) is 15.5. The van der Waals surface area contributed by atoms with E-state index in [1.165, 1.54) is 0 Å². The fraction of sp³-hybridized carbons (Fsp3) is 0.692. The first-order valence-corrected chi connectivity index (χ1v) is 7.46. The van der Waals surface area contributed by atoms with Gasteiger partial charge in [-0.15, -0.1) is 35.3 Å². The fourth-order valence-electron chi connectivity index (χ4n) is 1.57. The summed E-state index contributed by atoms with van der Waals surface area (Å²) in [6.07, 6.45) is 0. The summed E-state index contributed by atoms with van der Waals surface area (Å²) in [5.41, 5.74) is 1.06. The molecule has 7 heteroatoms. The second kappa shape index (κ2) is 10.3. The van der Waals surface area contributed by atoms with Crippen LogP contribution in [0.4, 0.5) is 0 Å². The molecular weight excluding hydrogens is 387 g/mol. The highest BCUT2D eigenvalue weighted by Crippen LogP contribution is 2.09. The number of thiazole rings is 1. The van der Waals surface area contributed by atoms with Crippen molar-refractivity contribution in [2.45, 2.75) is 27.3 Å². The van der Waals surface area contributed by atoms with Gasteiger partial charge in [0.15, 0.2) is 5.96 Å². The average Bonchev–Trinajstić information content (AvgIpc) is 2.79. The lowest BCUT2D eigenvalue weighted by Gasteiger charge is -2.21. The predicted molar refractivity (Wildman–Crippen MR) is 96.0 cm³/mol. The van der Waals surface area contributed by atoms with Gasteiger partial charge in [0.05, 0.1) is 17.2 Å². The molecule has 0 spiro atoms. The number of aliphatic imine (C=N–C) groups is 1. The van der Waals surface area contributed by atoms with Gasteiger partial charge in [0.25, 0.3) is 0 Å². The second-order valence-electron chi connectivity index (χ2n) is 4.70. The lowest BCUT2D eigenvalue weighted by atomic mass is 10.2. The van der Waals surface area contributed by atoms with Gasteiger partial charge in [0.1, 0.15) is 0 Å². The van der Waals surface area contributed by atoms with Crippen LogP contribution in [0.1, 0.15) is 24.5 Å². The molecule has 0 radical (unpaired) electrons. The summed E-state index contributed by atoms with van der Waals surface area (Å²) in [6, 6.07) is 0. The Morgan fingerprint density at radius 3 is 2.80 bits per heavy atom. The van der Waals surface area contributed by atoms with Gasteiger partial charge in [-0.3, -0.25) is 4.99 Å². The van der Waals surface area contributed by atoms with Gasteiger partial charge in [-0.2, -0.15) is 0 Å². The van der Waals surface area contributed by atoms with E-state index in [-0.39, 0.29) is 36.5 Å². The monoisotopic (exact) mass is 412 g/mol. The largest absolute Gasteiger partial charge is 0.396 e. The van der Waals surface area contributed by atoms with Crippen LogP contribution in [0.25, 0.3) is 0 Å². The van der Waals surface area contributed by atoms with Crippen molar-refractivity contribution in [3.05, 3.63) is 16.1 Å². The van der Waals surface area contributed by atoms with Crippen molar-refractivity contribution in [2.75, 3.05) is 26.7 Å². The van der Waals surface area contributed by atoms with E-state index in [0.29, 0.717) is 6.54 Å². The molecule has 2 N–H and O–H groups in total. The number of nitrogens with one attached hydrogen (secondary N) is 1. The summed E-state index contributed by atoms with van der Waals surface area (Å²) >= 11 is 1.66. The highest BCUT2D eigenvalue weighted by molar-refractivity contribution is 14.0. The maximum atomic E-state index is 9.04. The van der Waals surface area contributed by atoms with Crippen LogP contribution in [-0.4, -0.2) is 47.7 Å². The third kappa shape index (κ3) is 6.85. The molecule has 116 valence electrons.